The van der Waals surface area contributed by atoms with E-state index in [0.29, 0.717) is 36.1 Å². The van der Waals surface area contributed by atoms with E-state index in [2.05, 4.69) is 15.5 Å². The maximum Gasteiger partial charge on any atom is 0.325 e. The SMILES string of the molecule is CCOc1ccc(C(=O)NCC(=O)OCc2nc(C(C)(C)C)no2)cc1OCC. The maximum atomic E-state index is 12.3. The second-order valence-electron chi connectivity index (χ2n) is 7.13. The van der Waals surface area contributed by atoms with Crippen LogP contribution in [0.1, 0.15) is 56.7 Å². The van der Waals surface area contributed by atoms with Crippen LogP contribution in [0.15, 0.2) is 22.7 Å². The van der Waals surface area contributed by atoms with Gasteiger partial charge in [-0.15, -0.1) is 0 Å². The van der Waals surface area contributed by atoms with E-state index >= 15 is 0 Å². The number of hydrogen-bond donors (Lipinski definition) is 1. The summed E-state index contributed by atoms with van der Waals surface area (Å²) in [6, 6.07) is 4.83. The predicted octanol–water partition coefficient (Wildman–Crippen LogP) is 2.64. The van der Waals surface area contributed by atoms with Gasteiger partial charge in [-0.1, -0.05) is 25.9 Å². The van der Waals surface area contributed by atoms with Crippen molar-refractivity contribution in [3.63, 3.8) is 0 Å². The van der Waals surface area contributed by atoms with Crippen LogP contribution in [0.5, 0.6) is 11.5 Å². The third kappa shape index (κ3) is 6.48. The molecular formula is C20H27N3O6. The molecule has 1 aromatic carbocycles. The molecule has 9 nitrogen and oxygen atoms in total. The molecule has 0 radical (unpaired) electrons. The van der Waals surface area contributed by atoms with Crippen LogP contribution in [0.2, 0.25) is 0 Å². The number of nitrogens with zero attached hydrogens (tertiary/aromatic N) is 2. The molecule has 0 fully saturated rings. The highest BCUT2D eigenvalue weighted by Gasteiger charge is 2.21. The number of esters is 1. The normalized spacial score (nSPS) is 11.1. The summed E-state index contributed by atoms with van der Waals surface area (Å²) in [4.78, 5) is 28.4. The Hall–Kier alpha value is -3.10. The van der Waals surface area contributed by atoms with Gasteiger partial charge in [0.05, 0.1) is 13.2 Å². The predicted molar refractivity (Wildman–Crippen MR) is 104 cm³/mol. The summed E-state index contributed by atoms with van der Waals surface area (Å²) in [5.41, 5.74) is 0.0778. The van der Waals surface area contributed by atoms with Crippen molar-refractivity contribution in [2.75, 3.05) is 19.8 Å². The first-order chi connectivity index (χ1) is 13.7. The van der Waals surface area contributed by atoms with Crippen molar-refractivity contribution in [1.29, 1.82) is 0 Å². The lowest BCUT2D eigenvalue weighted by atomic mass is 9.96. The maximum absolute atomic E-state index is 12.3. The molecule has 2 rings (SSSR count). The van der Waals surface area contributed by atoms with Gasteiger partial charge in [-0.25, -0.2) is 0 Å². The van der Waals surface area contributed by atoms with Crippen LogP contribution in [0, 0.1) is 0 Å². The summed E-state index contributed by atoms with van der Waals surface area (Å²) < 4.78 is 21.1. The van der Waals surface area contributed by atoms with Gasteiger partial charge >= 0.3 is 5.97 Å². The van der Waals surface area contributed by atoms with E-state index in [1.807, 2.05) is 34.6 Å². The van der Waals surface area contributed by atoms with E-state index in [0.717, 1.165) is 0 Å². The van der Waals surface area contributed by atoms with Gasteiger partial charge in [0, 0.05) is 11.0 Å². The van der Waals surface area contributed by atoms with Gasteiger partial charge in [0.15, 0.2) is 23.9 Å². The fraction of sp³-hybridized carbons (Fsp3) is 0.500. The third-order valence-electron chi connectivity index (χ3n) is 3.69. The molecule has 1 heterocycles. The Kier molecular flexibility index (Phi) is 7.58. The summed E-state index contributed by atoms with van der Waals surface area (Å²) in [6.07, 6.45) is 0. The second-order valence-corrected chi connectivity index (χ2v) is 7.13. The molecule has 0 aliphatic carbocycles. The van der Waals surface area contributed by atoms with Crippen molar-refractivity contribution < 1.29 is 28.3 Å². The standard InChI is InChI=1S/C20H27N3O6/c1-6-26-14-9-8-13(10-15(14)27-7-2)18(25)21-11-17(24)28-12-16-22-19(23-29-16)20(3,4)5/h8-10H,6-7,11-12H2,1-5H3,(H,21,25). The van der Waals surface area contributed by atoms with Crippen molar-refractivity contribution in [3.8, 4) is 11.5 Å². The number of hydrogen-bond acceptors (Lipinski definition) is 8. The third-order valence-corrected chi connectivity index (χ3v) is 3.69. The highest BCUT2D eigenvalue weighted by molar-refractivity contribution is 5.96. The molecule has 0 bridgehead atoms. The number of nitrogens with one attached hydrogen (secondary N) is 1. The number of carbonyl (C=O) groups excluding carboxylic acids is 2. The molecular weight excluding hydrogens is 378 g/mol. The van der Waals surface area contributed by atoms with Crippen molar-refractivity contribution in [2.24, 2.45) is 0 Å². The minimum atomic E-state index is -0.621. The van der Waals surface area contributed by atoms with E-state index in [-0.39, 0.29) is 24.5 Å². The molecule has 2 aromatic rings. The Morgan fingerprint density at radius 2 is 1.79 bits per heavy atom. The lowest BCUT2D eigenvalue weighted by Gasteiger charge is -2.12. The number of carbonyl (C=O) groups is 2. The monoisotopic (exact) mass is 405 g/mol. The molecule has 1 aromatic heterocycles. The largest absolute Gasteiger partial charge is 0.490 e. The fourth-order valence-corrected chi connectivity index (χ4v) is 2.26. The number of ether oxygens (including phenoxy) is 3. The zero-order chi connectivity index (χ0) is 21.4. The molecule has 1 N–H and O–H groups in total. The Balaban J connectivity index is 1.87. The van der Waals surface area contributed by atoms with Crippen molar-refractivity contribution in [2.45, 2.75) is 46.6 Å². The quantitative estimate of drug-likeness (QED) is 0.634. The summed E-state index contributed by atoms with van der Waals surface area (Å²) in [7, 11) is 0. The zero-order valence-corrected chi connectivity index (χ0v) is 17.4. The van der Waals surface area contributed by atoms with Gasteiger partial charge in [-0.2, -0.15) is 4.98 Å². The van der Waals surface area contributed by atoms with Gasteiger partial charge in [0.2, 0.25) is 0 Å². The fourth-order valence-electron chi connectivity index (χ4n) is 2.26. The summed E-state index contributed by atoms with van der Waals surface area (Å²) in [5, 5.41) is 6.36. The molecule has 29 heavy (non-hydrogen) atoms. The summed E-state index contributed by atoms with van der Waals surface area (Å²) in [6.45, 7) is 10.0. The molecule has 0 saturated carbocycles. The number of amides is 1. The second kappa shape index (κ2) is 9.90. The van der Waals surface area contributed by atoms with Gasteiger partial charge in [0.25, 0.3) is 11.8 Å². The lowest BCUT2D eigenvalue weighted by molar-refractivity contribution is -0.144. The van der Waals surface area contributed by atoms with E-state index in [1.54, 1.807) is 18.2 Å². The molecule has 0 aliphatic rings. The van der Waals surface area contributed by atoms with Crippen molar-refractivity contribution in [3.05, 3.63) is 35.5 Å². The Morgan fingerprint density at radius 1 is 1.10 bits per heavy atom. The van der Waals surface area contributed by atoms with E-state index < -0.39 is 11.9 Å². The highest BCUT2D eigenvalue weighted by Crippen LogP contribution is 2.28. The molecule has 1 amide bonds. The van der Waals surface area contributed by atoms with Gasteiger partial charge in [0.1, 0.15) is 6.54 Å². The van der Waals surface area contributed by atoms with E-state index in [9.17, 15) is 9.59 Å². The Morgan fingerprint density at radius 3 is 2.41 bits per heavy atom. The smallest absolute Gasteiger partial charge is 0.325 e. The Labute approximate surface area is 169 Å². The van der Waals surface area contributed by atoms with E-state index in [1.165, 1.54) is 0 Å². The highest BCUT2D eigenvalue weighted by atomic mass is 16.6. The van der Waals surface area contributed by atoms with Gasteiger partial charge in [-0.05, 0) is 32.0 Å². The Bertz CT molecular complexity index is 841. The lowest BCUT2D eigenvalue weighted by Crippen LogP contribution is -2.30. The van der Waals surface area contributed by atoms with Crippen LogP contribution in [0.3, 0.4) is 0 Å². The number of benzene rings is 1. The number of aromatic nitrogens is 2. The van der Waals surface area contributed by atoms with E-state index in [4.69, 9.17) is 18.7 Å². The first-order valence-electron chi connectivity index (χ1n) is 9.41. The minimum Gasteiger partial charge on any atom is -0.490 e. The molecule has 9 heteroatoms. The molecule has 0 saturated heterocycles. The topological polar surface area (TPSA) is 113 Å². The molecule has 158 valence electrons. The van der Waals surface area contributed by atoms with Gasteiger partial charge < -0.3 is 24.1 Å². The van der Waals surface area contributed by atoms with Crippen LogP contribution in [-0.4, -0.2) is 41.8 Å². The van der Waals surface area contributed by atoms with Gasteiger partial charge in [-0.3, -0.25) is 9.59 Å². The van der Waals surface area contributed by atoms with Crippen LogP contribution in [0.4, 0.5) is 0 Å². The first-order valence-corrected chi connectivity index (χ1v) is 9.41. The van der Waals surface area contributed by atoms with Crippen LogP contribution in [0.25, 0.3) is 0 Å². The molecule has 0 aliphatic heterocycles. The molecule has 0 atom stereocenters. The first kappa shape index (κ1) is 22.2. The van der Waals surface area contributed by atoms with Crippen molar-refractivity contribution in [1.82, 2.24) is 15.5 Å². The molecule has 0 spiro atoms. The number of rotatable bonds is 9. The van der Waals surface area contributed by atoms with Crippen LogP contribution >= 0.6 is 0 Å². The van der Waals surface area contributed by atoms with Crippen molar-refractivity contribution >= 4 is 11.9 Å². The molecule has 0 unspecified atom stereocenters. The van der Waals surface area contributed by atoms with Crippen LogP contribution in [-0.2, 0) is 21.6 Å². The average molecular weight is 405 g/mol. The van der Waals surface area contributed by atoms with Crippen LogP contribution < -0.4 is 14.8 Å². The zero-order valence-electron chi connectivity index (χ0n) is 17.4. The average Bonchev–Trinajstić information content (AvgIpc) is 3.16. The summed E-state index contributed by atoms with van der Waals surface area (Å²) in [5.74, 6) is 0.693. The minimum absolute atomic E-state index is 0.157. The summed E-state index contributed by atoms with van der Waals surface area (Å²) >= 11 is 0.